The summed E-state index contributed by atoms with van der Waals surface area (Å²) in [5.74, 6) is -1.43. The first kappa shape index (κ1) is 14.3. The van der Waals surface area contributed by atoms with Gasteiger partial charge in [0.25, 0.3) is 0 Å². The molecule has 114 valence electrons. The van der Waals surface area contributed by atoms with Crippen molar-refractivity contribution in [1.82, 2.24) is 19.7 Å². The molecule has 3 rings (SSSR count). The van der Waals surface area contributed by atoms with E-state index in [1.165, 1.54) is 0 Å². The fourth-order valence-electron chi connectivity index (χ4n) is 1.98. The van der Waals surface area contributed by atoms with Gasteiger partial charge in [0.15, 0.2) is 0 Å². The number of hydrogen-bond donors (Lipinski definition) is 0. The van der Waals surface area contributed by atoms with E-state index in [1.807, 2.05) is 17.7 Å². The summed E-state index contributed by atoms with van der Waals surface area (Å²) in [6.45, 7) is 2.52. The second-order valence-electron chi connectivity index (χ2n) is 4.81. The maximum Gasteiger partial charge on any atom is 0.471 e. The van der Waals surface area contributed by atoms with Crippen LogP contribution in [0.4, 0.5) is 13.2 Å². The molecule has 0 bridgehead atoms. The molecule has 1 aromatic carbocycles. The lowest BCUT2D eigenvalue weighted by molar-refractivity contribution is -0.159. The Morgan fingerprint density at radius 2 is 1.91 bits per heavy atom. The van der Waals surface area contributed by atoms with Crippen molar-refractivity contribution < 1.29 is 17.7 Å². The Labute approximate surface area is 123 Å². The molecule has 0 unspecified atom stereocenters. The topological polar surface area (TPSA) is 56.7 Å². The van der Waals surface area contributed by atoms with Gasteiger partial charge in [0.2, 0.25) is 5.82 Å². The number of rotatable bonds is 3. The van der Waals surface area contributed by atoms with Crippen molar-refractivity contribution in [3.8, 4) is 11.4 Å². The minimum absolute atomic E-state index is 0.0858. The van der Waals surface area contributed by atoms with E-state index in [1.54, 1.807) is 30.6 Å². The number of benzene rings is 1. The molecule has 3 aromatic rings. The lowest BCUT2D eigenvalue weighted by Crippen LogP contribution is -2.04. The SMILES string of the molecule is Cc1cn(Cc2ccc(-c3noc(C(F)(F)F)n3)cc2)cn1. The monoisotopic (exact) mass is 308 g/mol. The third kappa shape index (κ3) is 3.00. The maximum atomic E-state index is 12.4. The molecule has 8 heteroatoms. The quantitative estimate of drug-likeness (QED) is 0.745. The molecule has 0 spiro atoms. The fourth-order valence-corrected chi connectivity index (χ4v) is 1.98. The van der Waals surface area contributed by atoms with E-state index in [4.69, 9.17) is 0 Å². The molecule has 2 heterocycles. The van der Waals surface area contributed by atoms with E-state index in [-0.39, 0.29) is 5.82 Å². The zero-order valence-corrected chi connectivity index (χ0v) is 11.5. The smallest absolute Gasteiger partial charge is 0.333 e. The van der Waals surface area contributed by atoms with Gasteiger partial charge in [-0.1, -0.05) is 29.4 Å². The summed E-state index contributed by atoms with van der Waals surface area (Å²) in [6.07, 6.45) is -1.01. The van der Waals surface area contributed by atoms with Crippen molar-refractivity contribution in [3.05, 3.63) is 53.9 Å². The lowest BCUT2D eigenvalue weighted by Gasteiger charge is -2.03. The summed E-state index contributed by atoms with van der Waals surface area (Å²) in [6, 6.07) is 6.91. The summed E-state index contributed by atoms with van der Waals surface area (Å²) in [4.78, 5) is 7.48. The van der Waals surface area contributed by atoms with Crippen LogP contribution in [0.3, 0.4) is 0 Å². The Hall–Kier alpha value is -2.64. The van der Waals surface area contributed by atoms with Crippen molar-refractivity contribution in [1.29, 1.82) is 0 Å². The van der Waals surface area contributed by atoms with E-state index in [9.17, 15) is 13.2 Å². The summed E-state index contributed by atoms with van der Waals surface area (Å²) >= 11 is 0. The molecule has 0 N–H and O–H groups in total. The predicted octanol–water partition coefficient (Wildman–Crippen LogP) is 3.31. The third-order valence-electron chi connectivity index (χ3n) is 3.01. The van der Waals surface area contributed by atoms with Gasteiger partial charge in [0.05, 0.1) is 12.0 Å². The number of halogens is 3. The van der Waals surface area contributed by atoms with Crippen LogP contribution in [0.1, 0.15) is 17.1 Å². The lowest BCUT2D eigenvalue weighted by atomic mass is 10.1. The number of imidazole rings is 1. The Morgan fingerprint density at radius 1 is 1.18 bits per heavy atom. The number of hydrogen-bond acceptors (Lipinski definition) is 4. The van der Waals surface area contributed by atoms with Crippen LogP contribution in [0.15, 0.2) is 41.3 Å². The second-order valence-corrected chi connectivity index (χ2v) is 4.81. The molecule has 2 aromatic heterocycles. The molecular weight excluding hydrogens is 297 g/mol. The van der Waals surface area contributed by atoms with Gasteiger partial charge >= 0.3 is 12.1 Å². The molecule has 0 aliphatic rings. The molecule has 0 aliphatic heterocycles. The van der Waals surface area contributed by atoms with E-state index in [0.29, 0.717) is 12.1 Å². The van der Waals surface area contributed by atoms with Crippen molar-refractivity contribution >= 4 is 0 Å². The molecule has 0 atom stereocenters. The first-order valence-electron chi connectivity index (χ1n) is 6.40. The normalized spacial score (nSPS) is 11.8. The van der Waals surface area contributed by atoms with Crippen LogP contribution < -0.4 is 0 Å². The first-order valence-corrected chi connectivity index (χ1v) is 6.40. The van der Waals surface area contributed by atoms with Crippen LogP contribution in [0.25, 0.3) is 11.4 Å². The van der Waals surface area contributed by atoms with Crippen LogP contribution in [0, 0.1) is 6.92 Å². The second kappa shape index (κ2) is 5.28. The summed E-state index contributed by atoms with van der Waals surface area (Å²) in [5, 5.41) is 3.35. The minimum Gasteiger partial charge on any atom is -0.333 e. The summed E-state index contributed by atoms with van der Waals surface area (Å²) in [7, 11) is 0. The fraction of sp³-hybridized carbons (Fsp3) is 0.214. The van der Waals surface area contributed by atoms with Gasteiger partial charge in [-0.3, -0.25) is 0 Å². The van der Waals surface area contributed by atoms with Crippen molar-refractivity contribution in [2.45, 2.75) is 19.6 Å². The standard InChI is InChI=1S/C14H11F3N4O/c1-9-6-21(8-18-9)7-10-2-4-11(5-3-10)12-19-13(22-20-12)14(15,16)17/h2-6,8H,7H2,1H3. The molecule has 0 saturated carbocycles. The maximum absolute atomic E-state index is 12.4. The molecule has 0 aliphatic carbocycles. The Bertz CT molecular complexity index is 774. The Kier molecular flexibility index (Phi) is 3.44. The van der Waals surface area contributed by atoms with Crippen molar-refractivity contribution in [2.24, 2.45) is 0 Å². The zero-order valence-electron chi connectivity index (χ0n) is 11.5. The number of aryl methyl sites for hydroxylation is 1. The van der Waals surface area contributed by atoms with Gasteiger partial charge in [-0.25, -0.2) is 4.98 Å². The summed E-state index contributed by atoms with van der Waals surface area (Å²) < 4.78 is 43.4. The third-order valence-corrected chi connectivity index (χ3v) is 3.01. The highest BCUT2D eigenvalue weighted by atomic mass is 19.4. The molecule has 22 heavy (non-hydrogen) atoms. The van der Waals surface area contributed by atoms with Crippen LogP contribution in [-0.2, 0) is 12.7 Å². The number of nitrogens with zero attached hydrogens (tertiary/aromatic N) is 4. The van der Waals surface area contributed by atoms with Gasteiger partial charge in [0, 0.05) is 18.3 Å². The molecule has 0 fully saturated rings. The molecule has 0 saturated heterocycles. The van der Waals surface area contributed by atoms with E-state index < -0.39 is 12.1 Å². The molecule has 5 nitrogen and oxygen atoms in total. The molecule has 0 radical (unpaired) electrons. The average Bonchev–Trinajstić information content (AvgIpc) is 3.08. The van der Waals surface area contributed by atoms with Gasteiger partial charge in [0.1, 0.15) is 0 Å². The molecule has 0 amide bonds. The highest BCUT2D eigenvalue weighted by Gasteiger charge is 2.38. The Balaban J connectivity index is 1.78. The van der Waals surface area contributed by atoms with Crippen LogP contribution >= 0.6 is 0 Å². The van der Waals surface area contributed by atoms with Crippen LogP contribution in [0.5, 0.6) is 0 Å². The minimum atomic E-state index is -4.63. The average molecular weight is 308 g/mol. The van der Waals surface area contributed by atoms with Crippen molar-refractivity contribution in [2.75, 3.05) is 0 Å². The number of alkyl halides is 3. The first-order chi connectivity index (χ1) is 10.4. The van der Waals surface area contributed by atoms with E-state index in [0.717, 1.165) is 11.3 Å². The molecular formula is C14H11F3N4O. The van der Waals surface area contributed by atoms with E-state index in [2.05, 4.69) is 19.6 Å². The zero-order chi connectivity index (χ0) is 15.7. The van der Waals surface area contributed by atoms with Crippen LogP contribution in [-0.4, -0.2) is 19.7 Å². The van der Waals surface area contributed by atoms with Crippen LogP contribution in [0.2, 0.25) is 0 Å². The van der Waals surface area contributed by atoms with Gasteiger partial charge in [-0.2, -0.15) is 18.2 Å². The summed E-state index contributed by atoms with van der Waals surface area (Å²) in [5.41, 5.74) is 2.37. The highest BCUT2D eigenvalue weighted by Crippen LogP contribution is 2.29. The van der Waals surface area contributed by atoms with Gasteiger partial charge < -0.3 is 9.09 Å². The highest BCUT2D eigenvalue weighted by molar-refractivity contribution is 5.54. The van der Waals surface area contributed by atoms with E-state index >= 15 is 0 Å². The largest absolute Gasteiger partial charge is 0.471 e. The van der Waals surface area contributed by atoms with Gasteiger partial charge in [-0.05, 0) is 12.5 Å². The Morgan fingerprint density at radius 3 is 2.45 bits per heavy atom. The predicted molar refractivity (Wildman–Crippen MR) is 70.8 cm³/mol. The number of aromatic nitrogens is 4. The van der Waals surface area contributed by atoms with Crippen molar-refractivity contribution in [3.63, 3.8) is 0 Å². The van der Waals surface area contributed by atoms with Gasteiger partial charge in [-0.15, -0.1) is 0 Å².